The highest BCUT2D eigenvalue weighted by Crippen LogP contribution is 2.11. The first-order valence-electron chi connectivity index (χ1n) is 7.93. The largest absolute Gasteiger partial charge is 0.467 e. The van der Waals surface area contributed by atoms with Gasteiger partial charge in [-0.15, -0.1) is 0 Å². The van der Waals surface area contributed by atoms with Crippen molar-refractivity contribution < 1.29 is 23.9 Å². The summed E-state index contributed by atoms with van der Waals surface area (Å²) in [4.78, 5) is 37.2. The molecule has 0 saturated carbocycles. The van der Waals surface area contributed by atoms with Crippen molar-refractivity contribution in [3.63, 3.8) is 0 Å². The number of methoxy groups -OCH3 is 1. The van der Waals surface area contributed by atoms with Crippen LogP contribution in [0.15, 0.2) is 30.3 Å². The van der Waals surface area contributed by atoms with Crippen molar-refractivity contribution in [3.05, 3.63) is 35.9 Å². The number of rotatable bonds is 6. The Bertz CT molecular complexity index is 576. The first-order chi connectivity index (χ1) is 11.6. The maximum atomic E-state index is 11.9. The number of nitrogens with zero attached hydrogens (tertiary/aromatic N) is 1. The van der Waals surface area contributed by atoms with E-state index in [1.807, 2.05) is 30.3 Å². The van der Waals surface area contributed by atoms with Gasteiger partial charge in [0.05, 0.1) is 13.7 Å². The summed E-state index contributed by atoms with van der Waals surface area (Å²) in [5.41, 5.74) is 0.841. The molecule has 130 valence electrons. The van der Waals surface area contributed by atoms with Gasteiger partial charge in [-0.05, 0) is 18.4 Å². The molecule has 24 heavy (non-hydrogen) atoms. The van der Waals surface area contributed by atoms with Crippen LogP contribution in [0, 0.1) is 0 Å². The molecule has 1 aromatic rings. The van der Waals surface area contributed by atoms with E-state index >= 15 is 0 Å². The van der Waals surface area contributed by atoms with Crippen LogP contribution >= 0.6 is 0 Å². The fourth-order valence-corrected chi connectivity index (χ4v) is 2.50. The molecule has 0 aliphatic carbocycles. The third-order valence-corrected chi connectivity index (χ3v) is 3.81. The Labute approximate surface area is 140 Å². The number of hydrogen-bond donors (Lipinski definition) is 1. The zero-order valence-corrected chi connectivity index (χ0v) is 13.7. The van der Waals surface area contributed by atoms with Gasteiger partial charge in [0.15, 0.2) is 0 Å². The zero-order valence-electron chi connectivity index (χ0n) is 13.7. The number of amides is 2. The molecule has 2 rings (SSSR count). The number of hydrogen-bond acceptors (Lipinski definition) is 5. The standard InChI is InChI=1S/C17H22N2O5/c1-23-16(21)14(11-19-10-6-5-9-15(19)20)18-17(22)24-12-13-7-3-2-4-8-13/h2-4,7-8,14H,5-6,9-12H2,1H3,(H,18,22)/t14-/m0/s1. The summed E-state index contributed by atoms with van der Waals surface area (Å²) in [5, 5.41) is 2.48. The number of likely N-dealkylation sites (tertiary alicyclic amines) is 1. The molecular formula is C17H22N2O5. The SMILES string of the molecule is COC(=O)[C@H](CN1CCCCC1=O)NC(=O)OCc1ccccc1. The van der Waals surface area contributed by atoms with E-state index < -0.39 is 18.1 Å². The minimum Gasteiger partial charge on any atom is -0.467 e. The van der Waals surface area contributed by atoms with E-state index in [0.717, 1.165) is 18.4 Å². The molecule has 0 unspecified atom stereocenters. The average molecular weight is 334 g/mol. The minimum absolute atomic E-state index is 0.0189. The second-order valence-electron chi connectivity index (χ2n) is 5.58. The van der Waals surface area contributed by atoms with Gasteiger partial charge in [-0.1, -0.05) is 30.3 Å². The smallest absolute Gasteiger partial charge is 0.408 e. The van der Waals surface area contributed by atoms with Crippen LogP contribution < -0.4 is 5.32 Å². The molecule has 7 heteroatoms. The Morgan fingerprint density at radius 2 is 2.00 bits per heavy atom. The van der Waals surface area contributed by atoms with Gasteiger partial charge >= 0.3 is 12.1 Å². The molecule has 0 aromatic heterocycles. The van der Waals surface area contributed by atoms with Gasteiger partial charge in [-0.25, -0.2) is 9.59 Å². The van der Waals surface area contributed by atoms with Gasteiger partial charge in [0.2, 0.25) is 5.91 Å². The van der Waals surface area contributed by atoms with Crippen molar-refractivity contribution in [2.45, 2.75) is 31.9 Å². The molecular weight excluding hydrogens is 312 g/mol. The number of ether oxygens (including phenoxy) is 2. The number of nitrogens with one attached hydrogen (secondary N) is 1. The minimum atomic E-state index is -0.944. The van der Waals surface area contributed by atoms with Crippen LogP contribution in [0.4, 0.5) is 4.79 Å². The molecule has 1 aromatic carbocycles. The lowest BCUT2D eigenvalue weighted by Crippen LogP contribution is -2.51. The molecule has 1 atom stereocenters. The molecule has 1 aliphatic heterocycles. The summed E-state index contributed by atoms with van der Waals surface area (Å²) in [6.45, 7) is 0.766. The second kappa shape index (κ2) is 8.90. The molecule has 2 amide bonds. The monoisotopic (exact) mass is 334 g/mol. The van der Waals surface area contributed by atoms with Crippen molar-refractivity contribution in [2.24, 2.45) is 0 Å². The lowest BCUT2D eigenvalue weighted by molar-refractivity contribution is -0.144. The van der Waals surface area contributed by atoms with Gasteiger partial charge in [-0.2, -0.15) is 0 Å². The number of piperidine rings is 1. The van der Waals surface area contributed by atoms with Crippen LogP contribution in [-0.4, -0.2) is 49.1 Å². The van der Waals surface area contributed by atoms with Gasteiger partial charge < -0.3 is 19.7 Å². The second-order valence-corrected chi connectivity index (χ2v) is 5.58. The van der Waals surface area contributed by atoms with Crippen LogP contribution in [0.25, 0.3) is 0 Å². The molecule has 1 heterocycles. The fraction of sp³-hybridized carbons (Fsp3) is 0.471. The van der Waals surface area contributed by atoms with E-state index in [2.05, 4.69) is 5.32 Å². The predicted molar refractivity (Wildman–Crippen MR) is 86.0 cm³/mol. The molecule has 7 nitrogen and oxygen atoms in total. The summed E-state index contributed by atoms with van der Waals surface area (Å²) in [6.07, 6.45) is 1.48. The quantitative estimate of drug-likeness (QED) is 0.796. The molecule has 1 N–H and O–H groups in total. The summed E-state index contributed by atoms with van der Waals surface area (Å²) < 4.78 is 9.81. The topological polar surface area (TPSA) is 84.9 Å². The maximum absolute atomic E-state index is 11.9. The van der Waals surface area contributed by atoms with Gasteiger partial charge in [0.25, 0.3) is 0 Å². The Morgan fingerprint density at radius 3 is 2.67 bits per heavy atom. The summed E-state index contributed by atoms with van der Waals surface area (Å²) >= 11 is 0. The van der Waals surface area contributed by atoms with Crippen LogP contribution in [0.1, 0.15) is 24.8 Å². The van der Waals surface area contributed by atoms with Crippen LogP contribution in [0.3, 0.4) is 0 Å². The molecule has 1 aliphatic rings. The van der Waals surface area contributed by atoms with Crippen molar-refractivity contribution in [3.8, 4) is 0 Å². The predicted octanol–water partition coefficient (Wildman–Crippen LogP) is 1.47. The summed E-state index contributed by atoms with van der Waals surface area (Å²) in [5.74, 6) is -0.625. The number of esters is 1. The van der Waals surface area contributed by atoms with Crippen molar-refractivity contribution in [1.82, 2.24) is 10.2 Å². The molecule has 1 saturated heterocycles. The third-order valence-electron chi connectivity index (χ3n) is 3.81. The molecule has 0 spiro atoms. The van der Waals surface area contributed by atoms with Gasteiger partial charge in [0, 0.05) is 13.0 Å². The first-order valence-corrected chi connectivity index (χ1v) is 7.93. The fourth-order valence-electron chi connectivity index (χ4n) is 2.50. The highest BCUT2D eigenvalue weighted by atomic mass is 16.6. The van der Waals surface area contributed by atoms with E-state index in [1.165, 1.54) is 7.11 Å². The normalized spacial score (nSPS) is 15.5. The van der Waals surface area contributed by atoms with E-state index in [1.54, 1.807) is 4.90 Å². The average Bonchev–Trinajstić information content (AvgIpc) is 2.61. The van der Waals surface area contributed by atoms with Crippen molar-refractivity contribution in [1.29, 1.82) is 0 Å². The highest BCUT2D eigenvalue weighted by molar-refractivity contribution is 5.83. The van der Waals surface area contributed by atoms with Crippen LogP contribution in [0.5, 0.6) is 0 Å². The van der Waals surface area contributed by atoms with Crippen LogP contribution in [-0.2, 0) is 25.7 Å². The zero-order chi connectivity index (χ0) is 17.4. The Kier molecular flexibility index (Phi) is 6.60. The third kappa shape index (κ3) is 5.26. The van der Waals surface area contributed by atoms with Gasteiger partial charge in [-0.3, -0.25) is 4.79 Å². The summed E-state index contributed by atoms with van der Waals surface area (Å²) in [6, 6.07) is 8.27. The number of alkyl carbamates (subject to hydrolysis) is 1. The molecule has 1 fully saturated rings. The Hall–Kier alpha value is -2.57. The van der Waals surface area contributed by atoms with Crippen molar-refractivity contribution >= 4 is 18.0 Å². The highest BCUT2D eigenvalue weighted by Gasteiger charge is 2.28. The Morgan fingerprint density at radius 1 is 1.25 bits per heavy atom. The van der Waals surface area contributed by atoms with E-state index in [9.17, 15) is 14.4 Å². The number of benzene rings is 1. The van der Waals surface area contributed by atoms with E-state index in [4.69, 9.17) is 9.47 Å². The van der Waals surface area contributed by atoms with E-state index in [-0.39, 0.29) is 19.1 Å². The Balaban J connectivity index is 1.89. The lowest BCUT2D eigenvalue weighted by Gasteiger charge is -2.29. The van der Waals surface area contributed by atoms with Crippen LogP contribution in [0.2, 0.25) is 0 Å². The molecule has 0 radical (unpaired) electrons. The summed E-state index contributed by atoms with van der Waals surface area (Å²) in [7, 11) is 1.24. The van der Waals surface area contributed by atoms with Crippen molar-refractivity contribution in [2.75, 3.05) is 20.2 Å². The van der Waals surface area contributed by atoms with E-state index in [0.29, 0.717) is 13.0 Å². The molecule has 0 bridgehead atoms. The lowest BCUT2D eigenvalue weighted by atomic mass is 10.1. The maximum Gasteiger partial charge on any atom is 0.408 e. The number of carbonyl (C=O) groups excluding carboxylic acids is 3. The first kappa shape index (κ1) is 17.8. The number of carbonyl (C=O) groups is 3. The van der Waals surface area contributed by atoms with Gasteiger partial charge in [0.1, 0.15) is 12.6 Å².